The molecule has 12 aromatic rings. The standard InChI is InChI=1S/C55H35N7/c1-3-15-36(16-4-1)40-31-41(37-17-5-2-6-18-37)33-42(32-40)61-49-23-9-7-19-43(49)45-34-38(25-27-51(45)61)39-26-28-52-46(35-39)44-20-8-10-24-50(44)62(52)55-59-53(47-21-11-13-29-56-47)58-54(60-55)48-22-12-14-30-57-48/h1-35H. The van der Waals surface area contributed by atoms with Crippen molar-refractivity contribution in [2.24, 2.45) is 0 Å². The van der Waals surface area contributed by atoms with Gasteiger partial charge in [0.1, 0.15) is 11.4 Å². The van der Waals surface area contributed by atoms with Crippen LogP contribution in [0, 0.1) is 0 Å². The largest absolute Gasteiger partial charge is 0.309 e. The van der Waals surface area contributed by atoms with E-state index in [1.807, 2.05) is 36.4 Å². The Bertz CT molecular complexity index is 3260. The van der Waals surface area contributed by atoms with Gasteiger partial charge >= 0.3 is 0 Å². The van der Waals surface area contributed by atoms with E-state index in [4.69, 9.17) is 15.0 Å². The minimum Gasteiger partial charge on any atom is -0.309 e. The first-order valence-electron chi connectivity index (χ1n) is 20.7. The van der Waals surface area contributed by atoms with Crippen molar-refractivity contribution in [3.63, 3.8) is 0 Å². The monoisotopic (exact) mass is 793 g/mol. The number of nitrogens with zero attached hydrogens (tertiary/aromatic N) is 7. The molecule has 0 aliphatic heterocycles. The van der Waals surface area contributed by atoms with Gasteiger partial charge in [-0.1, -0.05) is 121 Å². The molecule has 0 saturated heterocycles. The molecule has 0 bridgehead atoms. The van der Waals surface area contributed by atoms with Crippen LogP contribution in [-0.4, -0.2) is 34.1 Å². The highest BCUT2D eigenvalue weighted by molar-refractivity contribution is 6.12. The summed E-state index contributed by atoms with van der Waals surface area (Å²) in [7, 11) is 0. The van der Waals surface area contributed by atoms with Crippen molar-refractivity contribution in [3.05, 3.63) is 213 Å². The van der Waals surface area contributed by atoms with Crippen LogP contribution >= 0.6 is 0 Å². The molecule has 0 saturated carbocycles. The molecular formula is C55H35N7. The summed E-state index contributed by atoms with van der Waals surface area (Å²) in [5.41, 5.74) is 13.7. The van der Waals surface area contributed by atoms with Gasteiger partial charge in [0, 0.05) is 39.6 Å². The van der Waals surface area contributed by atoms with Gasteiger partial charge in [0.25, 0.3) is 0 Å². The number of para-hydroxylation sites is 2. The van der Waals surface area contributed by atoms with Gasteiger partial charge in [-0.3, -0.25) is 14.5 Å². The normalized spacial score (nSPS) is 11.5. The molecule has 5 heterocycles. The third-order valence-electron chi connectivity index (χ3n) is 11.7. The van der Waals surface area contributed by atoms with E-state index in [1.54, 1.807) is 12.4 Å². The molecule has 12 rings (SSSR count). The lowest BCUT2D eigenvalue weighted by Gasteiger charge is -2.14. The Balaban J connectivity index is 1.02. The van der Waals surface area contributed by atoms with Crippen LogP contribution in [0.3, 0.4) is 0 Å². The Morgan fingerprint density at radius 3 is 1.26 bits per heavy atom. The lowest BCUT2D eigenvalue weighted by Crippen LogP contribution is -2.07. The third-order valence-corrected chi connectivity index (χ3v) is 11.7. The quantitative estimate of drug-likeness (QED) is 0.161. The Hall–Kier alpha value is -8.55. The lowest BCUT2D eigenvalue weighted by atomic mass is 9.98. The van der Waals surface area contributed by atoms with Crippen LogP contribution in [0.25, 0.3) is 112 Å². The Labute approximate surface area is 356 Å². The van der Waals surface area contributed by atoms with Crippen LogP contribution in [0.15, 0.2) is 213 Å². The van der Waals surface area contributed by atoms with Crippen molar-refractivity contribution >= 4 is 43.6 Å². The van der Waals surface area contributed by atoms with Gasteiger partial charge in [0.2, 0.25) is 5.95 Å². The molecule has 0 radical (unpaired) electrons. The molecule has 0 spiro atoms. The summed E-state index contributed by atoms with van der Waals surface area (Å²) in [5.74, 6) is 1.46. The van der Waals surface area contributed by atoms with Gasteiger partial charge in [0.15, 0.2) is 11.6 Å². The summed E-state index contributed by atoms with van der Waals surface area (Å²) in [6.07, 6.45) is 3.50. The van der Waals surface area contributed by atoms with Crippen LogP contribution in [0.2, 0.25) is 0 Å². The maximum atomic E-state index is 5.04. The molecule has 0 aliphatic carbocycles. The van der Waals surface area contributed by atoms with Crippen molar-refractivity contribution in [2.75, 3.05) is 0 Å². The summed E-state index contributed by atoms with van der Waals surface area (Å²) in [4.78, 5) is 24.1. The number of hydrogen-bond donors (Lipinski definition) is 0. The third kappa shape index (κ3) is 6.02. The lowest BCUT2D eigenvalue weighted by molar-refractivity contribution is 0.943. The number of fused-ring (bicyclic) bond motifs is 6. The zero-order valence-electron chi connectivity index (χ0n) is 33.3. The highest BCUT2D eigenvalue weighted by atomic mass is 15.2. The smallest absolute Gasteiger partial charge is 0.238 e. The molecule has 0 fully saturated rings. The Morgan fingerprint density at radius 2 is 0.742 bits per heavy atom. The molecule has 7 heteroatoms. The fraction of sp³-hybridized carbons (Fsp3) is 0. The maximum absolute atomic E-state index is 5.04. The van der Waals surface area contributed by atoms with Crippen molar-refractivity contribution in [1.29, 1.82) is 0 Å². The average molecular weight is 794 g/mol. The number of rotatable bonds is 7. The van der Waals surface area contributed by atoms with Gasteiger partial charge in [-0.05, 0) is 112 Å². The van der Waals surface area contributed by atoms with E-state index in [2.05, 4.69) is 183 Å². The highest BCUT2D eigenvalue weighted by Crippen LogP contribution is 2.40. The van der Waals surface area contributed by atoms with Crippen LogP contribution in [0.4, 0.5) is 0 Å². The number of hydrogen-bond acceptors (Lipinski definition) is 5. The molecule has 62 heavy (non-hydrogen) atoms. The van der Waals surface area contributed by atoms with Crippen molar-refractivity contribution < 1.29 is 0 Å². The molecule has 7 nitrogen and oxygen atoms in total. The summed E-state index contributed by atoms with van der Waals surface area (Å²) in [6.45, 7) is 0. The topological polar surface area (TPSA) is 74.3 Å². The summed E-state index contributed by atoms with van der Waals surface area (Å²) >= 11 is 0. The predicted octanol–water partition coefficient (Wildman–Crippen LogP) is 13.2. The number of benzene rings is 7. The molecule has 0 amide bonds. The van der Waals surface area contributed by atoms with Crippen LogP contribution in [0.1, 0.15) is 0 Å². The van der Waals surface area contributed by atoms with E-state index in [9.17, 15) is 0 Å². The fourth-order valence-corrected chi connectivity index (χ4v) is 8.82. The second kappa shape index (κ2) is 14.6. The van der Waals surface area contributed by atoms with Crippen molar-refractivity contribution in [2.45, 2.75) is 0 Å². The number of pyridine rings is 2. The molecule has 0 N–H and O–H groups in total. The second-order valence-electron chi connectivity index (χ2n) is 15.4. The molecule has 0 unspecified atom stereocenters. The predicted molar refractivity (Wildman–Crippen MR) is 251 cm³/mol. The zero-order chi connectivity index (χ0) is 41.0. The molecular weight excluding hydrogens is 759 g/mol. The maximum Gasteiger partial charge on any atom is 0.238 e. The van der Waals surface area contributed by atoms with Crippen LogP contribution < -0.4 is 0 Å². The highest BCUT2D eigenvalue weighted by Gasteiger charge is 2.20. The molecule has 0 aliphatic rings. The van der Waals surface area contributed by atoms with Gasteiger partial charge in [-0.25, -0.2) is 4.98 Å². The van der Waals surface area contributed by atoms with E-state index in [0.29, 0.717) is 29.0 Å². The second-order valence-corrected chi connectivity index (χ2v) is 15.4. The van der Waals surface area contributed by atoms with E-state index in [0.717, 1.165) is 49.7 Å². The van der Waals surface area contributed by atoms with Crippen LogP contribution in [0.5, 0.6) is 0 Å². The van der Waals surface area contributed by atoms with Crippen molar-refractivity contribution in [1.82, 2.24) is 34.1 Å². The van der Waals surface area contributed by atoms with Gasteiger partial charge in [-0.2, -0.15) is 9.97 Å². The first kappa shape index (κ1) is 35.4. The Kier molecular flexibility index (Phi) is 8.35. The summed E-state index contributed by atoms with van der Waals surface area (Å²) in [5, 5.41) is 4.61. The molecule has 0 atom stereocenters. The molecule has 5 aromatic heterocycles. The van der Waals surface area contributed by atoms with E-state index >= 15 is 0 Å². The fourth-order valence-electron chi connectivity index (χ4n) is 8.82. The average Bonchev–Trinajstić information content (AvgIpc) is 3.87. The summed E-state index contributed by atoms with van der Waals surface area (Å²) < 4.78 is 4.54. The summed E-state index contributed by atoms with van der Waals surface area (Å²) in [6, 6.07) is 70.4. The first-order chi connectivity index (χ1) is 30.7. The molecule has 290 valence electrons. The van der Waals surface area contributed by atoms with E-state index < -0.39 is 0 Å². The minimum absolute atomic E-state index is 0.481. The SMILES string of the molecule is c1ccc(-c2cc(-c3ccccc3)cc(-n3c4ccccc4c4cc(-c5ccc6c(c5)c5ccccc5n6-c5nc(-c6ccccn6)nc(-c6ccccn6)n5)ccc43)c2)cc1. The minimum atomic E-state index is 0.481. The van der Waals surface area contributed by atoms with Gasteiger partial charge in [-0.15, -0.1) is 0 Å². The van der Waals surface area contributed by atoms with E-state index in [-0.39, 0.29) is 0 Å². The van der Waals surface area contributed by atoms with Gasteiger partial charge < -0.3 is 4.57 Å². The first-order valence-corrected chi connectivity index (χ1v) is 20.7. The zero-order valence-corrected chi connectivity index (χ0v) is 33.3. The van der Waals surface area contributed by atoms with Crippen LogP contribution in [-0.2, 0) is 0 Å². The van der Waals surface area contributed by atoms with E-state index in [1.165, 1.54) is 33.0 Å². The Morgan fingerprint density at radius 1 is 0.290 bits per heavy atom. The van der Waals surface area contributed by atoms with Gasteiger partial charge in [0.05, 0.1) is 22.1 Å². The van der Waals surface area contributed by atoms with Crippen molar-refractivity contribution in [3.8, 4) is 68.1 Å². The number of aromatic nitrogens is 7. The molecule has 7 aromatic carbocycles.